The molecule has 1 aliphatic carbocycles. The lowest BCUT2D eigenvalue weighted by atomic mass is 9.95. The number of aromatic nitrogens is 2. The Hall–Kier alpha value is -0.740. The molecule has 1 aromatic rings. The molecule has 0 bridgehead atoms. The molecule has 4 heteroatoms. The van der Waals surface area contributed by atoms with Gasteiger partial charge in [-0.2, -0.15) is 0 Å². The fourth-order valence-electron chi connectivity index (χ4n) is 1.99. The first-order valence-corrected chi connectivity index (χ1v) is 6.37. The van der Waals surface area contributed by atoms with E-state index in [1.54, 1.807) is 6.20 Å². The Morgan fingerprint density at radius 1 is 1.27 bits per heavy atom. The largest absolute Gasteiger partial charge is 0.320 e. The first kappa shape index (κ1) is 10.8. The van der Waals surface area contributed by atoms with E-state index in [4.69, 9.17) is 5.73 Å². The molecule has 0 fully saturated rings. The molecule has 0 radical (unpaired) electrons. The van der Waals surface area contributed by atoms with Gasteiger partial charge in [-0.25, -0.2) is 0 Å². The highest BCUT2D eigenvalue weighted by Crippen LogP contribution is 2.27. The average molecular weight is 223 g/mol. The minimum atomic E-state index is 0.0306. The SMILES string of the molecule is NC(C1=CCCCCCC1)c1cnns1. The van der Waals surface area contributed by atoms with E-state index in [0.717, 1.165) is 11.3 Å². The molecule has 2 N–H and O–H groups in total. The Labute approximate surface area is 94.5 Å². The van der Waals surface area contributed by atoms with Crippen LogP contribution in [0.1, 0.15) is 49.4 Å². The second-order valence-corrected chi connectivity index (χ2v) is 4.85. The molecule has 2 rings (SSSR count). The lowest BCUT2D eigenvalue weighted by Gasteiger charge is -2.16. The van der Waals surface area contributed by atoms with E-state index in [-0.39, 0.29) is 6.04 Å². The molecule has 1 unspecified atom stereocenters. The second-order valence-electron chi connectivity index (χ2n) is 4.03. The zero-order valence-electron chi connectivity index (χ0n) is 8.85. The van der Waals surface area contributed by atoms with Gasteiger partial charge >= 0.3 is 0 Å². The van der Waals surface area contributed by atoms with Crippen LogP contribution < -0.4 is 5.73 Å². The summed E-state index contributed by atoms with van der Waals surface area (Å²) < 4.78 is 3.86. The minimum Gasteiger partial charge on any atom is -0.320 e. The lowest BCUT2D eigenvalue weighted by Crippen LogP contribution is -2.12. The molecule has 82 valence electrons. The van der Waals surface area contributed by atoms with Gasteiger partial charge in [0.25, 0.3) is 0 Å². The van der Waals surface area contributed by atoms with Crippen molar-refractivity contribution >= 4 is 11.5 Å². The van der Waals surface area contributed by atoms with Crippen LogP contribution in [0.3, 0.4) is 0 Å². The summed E-state index contributed by atoms with van der Waals surface area (Å²) in [6, 6.07) is 0.0306. The van der Waals surface area contributed by atoms with E-state index in [0.29, 0.717) is 0 Å². The number of hydrogen-bond donors (Lipinski definition) is 1. The van der Waals surface area contributed by atoms with Gasteiger partial charge in [-0.05, 0) is 37.2 Å². The normalized spacial score (nSPS) is 20.2. The van der Waals surface area contributed by atoms with Crippen molar-refractivity contribution in [2.75, 3.05) is 0 Å². The molecule has 0 saturated carbocycles. The summed E-state index contributed by atoms with van der Waals surface area (Å²) in [7, 11) is 0. The van der Waals surface area contributed by atoms with E-state index in [1.807, 2.05) is 0 Å². The van der Waals surface area contributed by atoms with Gasteiger partial charge in [-0.15, -0.1) is 5.10 Å². The highest BCUT2D eigenvalue weighted by atomic mass is 32.1. The molecule has 1 aliphatic rings. The van der Waals surface area contributed by atoms with Crippen LogP contribution in [-0.4, -0.2) is 9.59 Å². The van der Waals surface area contributed by atoms with Crippen LogP contribution in [0.15, 0.2) is 17.8 Å². The van der Waals surface area contributed by atoms with Gasteiger partial charge in [-0.3, -0.25) is 0 Å². The molecular weight excluding hydrogens is 206 g/mol. The topological polar surface area (TPSA) is 51.8 Å². The Morgan fingerprint density at radius 2 is 2.13 bits per heavy atom. The summed E-state index contributed by atoms with van der Waals surface area (Å²) in [6.45, 7) is 0. The van der Waals surface area contributed by atoms with Crippen molar-refractivity contribution in [3.8, 4) is 0 Å². The lowest BCUT2D eigenvalue weighted by molar-refractivity contribution is 0.604. The third kappa shape index (κ3) is 2.86. The summed E-state index contributed by atoms with van der Waals surface area (Å²) in [5.74, 6) is 0. The van der Waals surface area contributed by atoms with Crippen LogP contribution in [0.2, 0.25) is 0 Å². The maximum Gasteiger partial charge on any atom is 0.0672 e. The van der Waals surface area contributed by atoms with E-state index in [2.05, 4.69) is 15.7 Å². The van der Waals surface area contributed by atoms with Crippen molar-refractivity contribution < 1.29 is 0 Å². The highest BCUT2D eigenvalue weighted by molar-refractivity contribution is 7.05. The van der Waals surface area contributed by atoms with Gasteiger partial charge in [-0.1, -0.05) is 29.0 Å². The van der Waals surface area contributed by atoms with Crippen molar-refractivity contribution in [1.29, 1.82) is 0 Å². The first-order chi connectivity index (χ1) is 7.38. The number of nitrogens with zero attached hydrogens (tertiary/aromatic N) is 2. The quantitative estimate of drug-likeness (QED) is 0.784. The third-order valence-corrected chi connectivity index (χ3v) is 3.66. The van der Waals surface area contributed by atoms with Crippen molar-refractivity contribution in [2.24, 2.45) is 5.73 Å². The summed E-state index contributed by atoms with van der Waals surface area (Å²) in [6.07, 6.45) is 11.7. The highest BCUT2D eigenvalue weighted by Gasteiger charge is 2.14. The Kier molecular flexibility index (Phi) is 3.86. The molecule has 3 nitrogen and oxygen atoms in total. The van der Waals surface area contributed by atoms with Gasteiger partial charge in [0.1, 0.15) is 0 Å². The van der Waals surface area contributed by atoms with E-state index in [9.17, 15) is 0 Å². The van der Waals surface area contributed by atoms with Crippen LogP contribution in [0, 0.1) is 0 Å². The monoisotopic (exact) mass is 223 g/mol. The van der Waals surface area contributed by atoms with Crippen LogP contribution in [0.5, 0.6) is 0 Å². The molecular formula is C11H17N3S. The molecule has 0 saturated heterocycles. The molecule has 0 aromatic carbocycles. The van der Waals surface area contributed by atoms with Crippen molar-refractivity contribution in [2.45, 2.75) is 44.6 Å². The molecule has 15 heavy (non-hydrogen) atoms. The molecule has 0 spiro atoms. The molecule has 0 aliphatic heterocycles. The zero-order valence-corrected chi connectivity index (χ0v) is 9.67. The van der Waals surface area contributed by atoms with Crippen molar-refractivity contribution in [1.82, 2.24) is 9.59 Å². The van der Waals surface area contributed by atoms with Crippen molar-refractivity contribution in [3.05, 3.63) is 22.7 Å². The molecule has 1 heterocycles. The number of hydrogen-bond acceptors (Lipinski definition) is 4. The number of rotatable bonds is 2. The Morgan fingerprint density at radius 3 is 2.93 bits per heavy atom. The van der Waals surface area contributed by atoms with Crippen LogP contribution in [0.25, 0.3) is 0 Å². The van der Waals surface area contributed by atoms with Gasteiger partial charge in [0.05, 0.1) is 17.1 Å². The molecule has 1 aromatic heterocycles. The Balaban J connectivity index is 2.07. The second kappa shape index (κ2) is 5.37. The fourth-order valence-corrected chi connectivity index (χ4v) is 2.54. The maximum atomic E-state index is 6.20. The average Bonchev–Trinajstić information content (AvgIpc) is 2.68. The van der Waals surface area contributed by atoms with Crippen LogP contribution in [-0.2, 0) is 0 Å². The third-order valence-electron chi connectivity index (χ3n) is 2.91. The standard InChI is InChI=1S/C11H17N3S/c12-11(10-8-13-14-15-10)9-6-4-2-1-3-5-7-9/h6,8,11H,1-5,7,12H2. The van der Waals surface area contributed by atoms with Gasteiger partial charge in [0.2, 0.25) is 0 Å². The summed E-state index contributed by atoms with van der Waals surface area (Å²) in [5, 5.41) is 3.84. The molecule has 1 atom stereocenters. The van der Waals surface area contributed by atoms with E-state index >= 15 is 0 Å². The van der Waals surface area contributed by atoms with Crippen LogP contribution >= 0.6 is 11.5 Å². The summed E-state index contributed by atoms with van der Waals surface area (Å²) in [4.78, 5) is 1.09. The summed E-state index contributed by atoms with van der Waals surface area (Å²) in [5.41, 5.74) is 7.57. The predicted molar refractivity (Wildman–Crippen MR) is 62.6 cm³/mol. The minimum absolute atomic E-state index is 0.0306. The van der Waals surface area contributed by atoms with E-state index in [1.165, 1.54) is 49.2 Å². The van der Waals surface area contributed by atoms with Gasteiger partial charge in [0.15, 0.2) is 0 Å². The predicted octanol–water partition coefficient (Wildman–Crippen LogP) is 2.82. The van der Waals surface area contributed by atoms with E-state index < -0.39 is 0 Å². The smallest absolute Gasteiger partial charge is 0.0672 e. The van der Waals surface area contributed by atoms with Crippen molar-refractivity contribution in [3.63, 3.8) is 0 Å². The zero-order chi connectivity index (χ0) is 10.5. The number of nitrogens with two attached hydrogens (primary N) is 1. The maximum absolute atomic E-state index is 6.20. The molecule has 0 amide bonds. The summed E-state index contributed by atoms with van der Waals surface area (Å²) >= 11 is 1.41. The first-order valence-electron chi connectivity index (χ1n) is 5.59. The van der Waals surface area contributed by atoms with Gasteiger partial charge < -0.3 is 5.73 Å². The Bertz CT molecular complexity index is 319. The number of allylic oxidation sites excluding steroid dienone is 1. The van der Waals surface area contributed by atoms with Gasteiger partial charge in [0, 0.05) is 0 Å². The van der Waals surface area contributed by atoms with Crippen LogP contribution in [0.4, 0.5) is 0 Å². The fraction of sp³-hybridized carbons (Fsp3) is 0.636.